The van der Waals surface area contributed by atoms with E-state index in [9.17, 15) is 23.0 Å². The number of benzene rings is 1. The van der Waals surface area contributed by atoms with Gasteiger partial charge in [0.15, 0.2) is 0 Å². The summed E-state index contributed by atoms with van der Waals surface area (Å²) in [7, 11) is -2.07. The van der Waals surface area contributed by atoms with Crippen molar-refractivity contribution in [2.24, 2.45) is 0 Å². The Morgan fingerprint density at radius 1 is 1.20 bits per heavy atom. The predicted octanol–water partition coefficient (Wildman–Crippen LogP) is 0.163. The number of nitrogens with zero attached hydrogens (tertiary/aromatic N) is 2. The summed E-state index contributed by atoms with van der Waals surface area (Å²) in [5, 5.41) is 20.1. The number of nitrogens with one attached hydrogen (secondary N) is 1. The second-order valence-electron chi connectivity index (χ2n) is 7.23. The molecule has 2 aromatic rings. The summed E-state index contributed by atoms with van der Waals surface area (Å²) >= 11 is 0. The van der Waals surface area contributed by atoms with Gasteiger partial charge in [-0.25, -0.2) is 17.5 Å². The molecule has 0 spiro atoms. The third kappa shape index (κ3) is 5.39. The normalized spacial score (nSPS) is 24.4. The van der Waals surface area contributed by atoms with Crippen LogP contribution in [-0.2, 0) is 21.2 Å². The van der Waals surface area contributed by atoms with Crippen LogP contribution >= 0.6 is 0 Å². The number of sulfonamides is 1. The molecule has 0 saturated carbocycles. The third-order valence-corrected chi connectivity index (χ3v) is 6.63. The van der Waals surface area contributed by atoms with Gasteiger partial charge in [-0.3, -0.25) is 9.88 Å². The van der Waals surface area contributed by atoms with E-state index in [0.29, 0.717) is 13.0 Å². The molecule has 8 nitrogen and oxygen atoms in total. The zero-order chi connectivity index (χ0) is 21.7. The van der Waals surface area contributed by atoms with Gasteiger partial charge in [-0.2, -0.15) is 0 Å². The minimum Gasteiger partial charge on any atom is -0.394 e. The average Bonchev–Trinajstić information content (AvgIpc) is 3.07. The average molecular weight is 440 g/mol. The van der Waals surface area contributed by atoms with E-state index >= 15 is 0 Å². The van der Waals surface area contributed by atoms with Gasteiger partial charge in [0, 0.05) is 31.4 Å². The Balaban J connectivity index is 1.67. The Bertz CT molecular complexity index is 914. The number of ether oxygens (including phenoxy) is 1. The Hall–Kier alpha value is -1.95. The molecule has 4 unspecified atom stereocenters. The predicted molar refractivity (Wildman–Crippen MR) is 108 cm³/mol. The number of aliphatic hydroxyl groups excluding tert-OH is 2. The van der Waals surface area contributed by atoms with Crippen LogP contribution in [-0.4, -0.2) is 79.6 Å². The van der Waals surface area contributed by atoms with E-state index in [1.54, 1.807) is 13.2 Å². The van der Waals surface area contributed by atoms with Crippen LogP contribution in [0.25, 0.3) is 0 Å². The Morgan fingerprint density at radius 2 is 1.93 bits per heavy atom. The zero-order valence-electron chi connectivity index (χ0n) is 16.6. The first-order valence-electron chi connectivity index (χ1n) is 9.61. The van der Waals surface area contributed by atoms with Gasteiger partial charge in [0.05, 0.1) is 23.6 Å². The Labute approximate surface area is 175 Å². The van der Waals surface area contributed by atoms with Gasteiger partial charge >= 0.3 is 0 Å². The lowest BCUT2D eigenvalue weighted by Gasteiger charge is -2.30. The molecule has 1 saturated heterocycles. The lowest BCUT2D eigenvalue weighted by atomic mass is 10.0. The van der Waals surface area contributed by atoms with Crippen molar-refractivity contribution >= 4 is 10.0 Å². The number of rotatable bonds is 9. The van der Waals surface area contributed by atoms with Gasteiger partial charge in [-0.15, -0.1) is 0 Å². The number of halogens is 1. The number of hydrogen-bond acceptors (Lipinski definition) is 7. The Morgan fingerprint density at radius 3 is 2.57 bits per heavy atom. The molecule has 2 heterocycles. The SMILES string of the molecule is CN(CCc1ccccn1)C1C(CNS(=O)(=O)c2ccc(F)cc2)OC(CO)C1O. The number of aromatic nitrogens is 1. The topological polar surface area (TPSA) is 112 Å². The van der Waals surface area contributed by atoms with Crippen LogP contribution in [0.2, 0.25) is 0 Å². The summed E-state index contributed by atoms with van der Waals surface area (Å²) < 4.78 is 46.2. The highest BCUT2D eigenvalue weighted by molar-refractivity contribution is 7.89. The number of aliphatic hydroxyl groups is 2. The maximum Gasteiger partial charge on any atom is 0.240 e. The van der Waals surface area contributed by atoms with Crippen molar-refractivity contribution in [1.82, 2.24) is 14.6 Å². The Kier molecular flexibility index (Phi) is 7.50. The quantitative estimate of drug-likeness (QED) is 0.510. The molecule has 1 aliphatic rings. The van der Waals surface area contributed by atoms with Crippen LogP contribution in [0.1, 0.15) is 5.69 Å². The van der Waals surface area contributed by atoms with Crippen molar-refractivity contribution in [3.63, 3.8) is 0 Å². The number of likely N-dealkylation sites (N-methyl/N-ethyl adjacent to an activating group) is 1. The first-order valence-corrected chi connectivity index (χ1v) is 11.1. The van der Waals surface area contributed by atoms with Crippen molar-refractivity contribution < 1.29 is 27.8 Å². The minimum atomic E-state index is -3.88. The number of pyridine rings is 1. The highest BCUT2D eigenvalue weighted by Crippen LogP contribution is 2.25. The standard InChI is InChI=1S/C20H26FN3O5S/c1-24(11-9-15-4-2-3-10-22-15)19-17(29-18(13-25)20(19)26)12-23-30(27,28)16-7-5-14(21)6-8-16/h2-8,10,17-20,23,25-26H,9,11-13H2,1H3. The second kappa shape index (κ2) is 9.90. The van der Waals surface area contributed by atoms with Crippen LogP contribution in [0.15, 0.2) is 53.6 Å². The molecule has 4 atom stereocenters. The van der Waals surface area contributed by atoms with E-state index in [1.807, 2.05) is 23.1 Å². The molecule has 164 valence electrons. The van der Waals surface area contributed by atoms with Crippen LogP contribution in [0.3, 0.4) is 0 Å². The van der Waals surface area contributed by atoms with Crippen LogP contribution in [0.4, 0.5) is 4.39 Å². The highest BCUT2D eigenvalue weighted by atomic mass is 32.2. The summed E-state index contributed by atoms with van der Waals surface area (Å²) in [5.41, 5.74) is 0.894. The fourth-order valence-electron chi connectivity index (χ4n) is 3.56. The van der Waals surface area contributed by atoms with E-state index in [4.69, 9.17) is 4.74 Å². The van der Waals surface area contributed by atoms with Crippen molar-refractivity contribution in [3.05, 3.63) is 60.2 Å². The molecule has 3 rings (SSSR count). The molecule has 0 amide bonds. The van der Waals surface area contributed by atoms with E-state index in [0.717, 1.165) is 17.8 Å². The van der Waals surface area contributed by atoms with Crippen molar-refractivity contribution in [2.75, 3.05) is 26.7 Å². The lowest BCUT2D eigenvalue weighted by Crippen LogP contribution is -2.50. The van der Waals surface area contributed by atoms with Gasteiger partial charge in [0.2, 0.25) is 10.0 Å². The molecule has 0 radical (unpaired) electrons. The molecule has 1 fully saturated rings. The van der Waals surface area contributed by atoms with Gasteiger partial charge in [-0.1, -0.05) is 6.07 Å². The van der Waals surface area contributed by atoms with Crippen LogP contribution in [0, 0.1) is 5.82 Å². The fraction of sp³-hybridized carbons (Fsp3) is 0.450. The van der Waals surface area contributed by atoms with Gasteiger partial charge < -0.3 is 14.9 Å². The molecule has 0 aliphatic carbocycles. The molecular weight excluding hydrogens is 413 g/mol. The molecule has 10 heteroatoms. The summed E-state index contributed by atoms with van der Waals surface area (Å²) in [4.78, 5) is 6.09. The smallest absolute Gasteiger partial charge is 0.240 e. The summed E-state index contributed by atoms with van der Waals surface area (Å²) in [5.74, 6) is -0.531. The van der Waals surface area contributed by atoms with E-state index in [1.165, 1.54) is 12.1 Å². The largest absolute Gasteiger partial charge is 0.394 e. The van der Waals surface area contributed by atoms with Crippen LogP contribution in [0.5, 0.6) is 0 Å². The zero-order valence-corrected chi connectivity index (χ0v) is 17.4. The van der Waals surface area contributed by atoms with E-state index in [2.05, 4.69) is 9.71 Å². The van der Waals surface area contributed by atoms with Crippen LogP contribution < -0.4 is 4.72 Å². The summed E-state index contributed by atoms with van der Waals surface area (Å²) in [6.45, 7) is 0.0697. The van der Waals surface area contributed by atoms with Crippen molar-refractivity contribution in [1.29, 1.82) is 0 Å². The van der Waals surface area contributed by atoms with E-state index in [-0.39, 0.29) is 18.0 Å². The van der Waals surface area contributed by atoms with Crippen molar-refractivity contribution in [2.45, 2.75) is 35.7 Å². The fourth-order valence-corrected chi connectivity index (χ4v) is 4.61. The number of hydrogen-bond donors (Lipinski definition) is 3. The molecule has 1 aliphatic heterocycles. The van der Waals surface area contributed by atoms with Crippen molar-refractivity contribution in [3.8, 4) is 0 Å². The molecule has 1 aromatic heterocycles. The maximum atomic E-state index is 13.1. The first kappa shape index (κ1) is 22.7. The van der Waals surface area contributed by atoms with Gasteiger partial charge in [0.25, 0.3) is 0 Å². The van der Waals surface area contributed by atoms with Gasteiger partial charge in [-0.05, 0) is 43.4 Å². The highest BCUT2D eigenvalue weighted by Gasteiger charge is 2.45. The lowest BCUT2D eigenvalue weighted by molar-refractivity contribution is -0.0201. The van der Waals surface area contributed by atoms with E-state index < -0.39 is 40.2 Å². The summed E-state index contributed by atoms with van der Waals surface area (Å²) in [6.07, 6.45) is -0.131. The molecule has 3 N–H and O–H groups in total. The first-order chi connectivity index (χ1) is 14.3. The summed E-state index contributed by atoms with van der Waals surface area (Å²) in [6, 6.07) is 9.59. The second-order valence-corrected chi connectivity index (χ2v) is 9.00. The maximum absolute atomic E-state index is 13.1. The molecule has 30 heavy (non-hydrogen) atoms. The molecular formula is C20H26FN3O5S. The van der Waals surface area contributed by atoms with Gasteiger partial charge in [0.1, 0.15) is 18.0 Å². The minimum absolute atomic E-state index is 0.0683. The third-order valence-electron chi connectivity index (χ3n) is 5.20. The monoisotopic (exact) mass is 439 g/mol. The molecule has 0 bridgehead atoms. The molecule has 1 aromatic carbocycles.